The number of allylic oxidation sites excluding steroid dienone is 9. The molecule has 8 nitrogen and oxygen atoms in total. The van der Waals surface area contributed by atoms with Gasteiger partial charge in [0, 0.05) is 50.3 Å². The summed E-state index contributed by atoms with van der Waals surface area (Å²) in [7, 11) is -0.582. The Morgan fingerprint density at radius 1 is 1.02 bits per heavy atom. The third-order valence-electron chi connectivity index (χ3n) is 8.46. The van der Waals surface area contributed by atoms with E-state index in [0.717, 1.165) is 11.3 Å². The molecule has 3 aliphatic carbocycles. The average molecular weight is 579 g/mol. The second-order valence-corrected chi connectivity index (χ2v) is 12.9. The molecule has 1 N–H and O–H groups in total. The highest BCUT2D eigenvalue weighted by atomic mass is 32.2. The number of carbonyl (C=O) groups is 1. The van der Waals surface area contributed by atoms with Crippen molar-refractivity contribution in [2.45, 2.75) is 31.9 Å². The number of nitrogens with zero attached hydrogens (tertiary/aromatic N) is 2. The summed E-state index contributed by atoms with van der Waals surface area (Å²) >= 11 is 0. The second-order valence-electron chi connectivity index (χ2n) is 11.0. The van der Waals surface area contributed by atoms with Gasteiger partial charge in [0.2, 0.25) is 10.0 Å². The van der Waals surface area contributed by atoms with Crippen LogP contribution in [-0.2, 0) is 19.5 Å². The SMILES string of the molecule is COC1=CC(C)=CC(OC)C1CN(C1CCN(c2ccc(C(=O)O)cc2)CC1)S(=O)(=O)C1=CC2C=CC=CC2C=C1. The van der Waals surface area contributed by atoms with Crippen molar-refractivity contribution in [3.05, 3.63) is 101 Å². The Morgan fingerprint density at radius 2 is 1.71 bits per heavy atom. The van der Waals surface area contributed by atoms with Crippen molar-refractivity contribution < 1.29 is 27.8 Å². The van der Waals surface area contributed by atoms with Crippen LogP contribution in [0.5, 0.6) is 0 Å². The van der Waals surface area contributed by atoms with Crippen LogP contribution in [0.2, 0.25) is 0 Å². The van der Waals surface area contributed by atoms with Crippen molar-refractivity contribution in [3.63, 3.8) is 0 Å². The summed E-state index contributed by atoms with van der Waals surface area (Å²) < 4.78 is 42.1. The molecular formula is C32H38N2O6S. The van der Waals surface area contributed by atoms with E-state index in [9.17, 15) is 18.3 Å². The van der Waals surface area contributed by atoms with Gasteiger partial charge in [-0.05, 0) is 61.8 Å². The van der Waals surface area contributed by atoms with Crippen LogP contribution < -0.4 is 4.90 Å². The lowest BCUT2D eigenvalue weighted by Gasteiger charge is -2.41. The number of methoxy groups -OCH3 is 2. The number of benzene rings is 1. The fraction of sp³-hybridized carbons (Fsp3) is 0.406. The molecule has 0 radical (unpaired) electrons. The molecule has 0 amide bonds. The number of ether oxygens (including phenoxy) is 2. The van der Waals surface area contributed by atoms with E-state index < -0.39 is 16.0 Å². The summed E-state index contributed by atoms with van der Waals surface area (Å²) in [6, 6.07) is 6.62. The van der Waals surface area contributed by atoms with Crippen molar-refractivity contribution >= 4 is 21.7 Å². The van der Waals surface area contributed by atoms with Crippen molar-refractivity contribution in [1.29, 1.82) is 0 Å². The maximum Gasteiger partial charge on any atom is 0.335 e. The zero-order valence-electron chi connectivity index (χ0n) is 23.7. The van der Waals surface area contributed by atoms with Crippen molar-refractivity contribution in [2.24, 2.45) is 17.8 Å². The summed E-state index contributed by atoms with van der Waals surface area (Å²) in [6.07, 6.45) is 18.6. The first-order chi connectivity index (χ1) is 19.7. The minimum Gasteiger partial charge on any atom is -0.501 e. The standard InChI is InChI=1S/C32H38N2O6S/c1-22-18-30(39-2)29(31(19-22)40-3)21-34(41(37,38)28-13-10-23-6-4-5-7-25(23)20-28)27-14-16-33(17-15-27)26-11-8-24(9-12-26)32(35)36/h4-13,18-20,23,25,27,29-30H,14-17,21H2,1-3H3,(H,35,36). The molecule has 1 heterocycles. The molecule has 4 atom stereocenters. The predicted molar refractivity (Wildman–Crippen MR) is 160 cm³/mol. The zero-order chi connectivity index (χ0) is 29.1. The summed E-state index contributed by atoms with van der Waals surface area (Å²) in [5.41, 5.74) is 2.19. The minimum absolute atomic E-state index is 0.00802. The Bertz CT molecular complexity index is 1430. The van der Waals surface area contributed by atoms with Crippen LogP contribution in [0.4, 0.5) is 5.69 Å². The first-order valence-electron chi connectivity index (χ1n) is 14.0. The molecule has 0 spiro atoms. The molecule has 4 unspecified atom stereocenters. The molecule has 0 aromatic heterocycles. The van der Waals surface area contributed by atoms with Crippen LogP contribution in [-0.4, -0.2) is 69.8 Å². The zero-order valence-corrected chi connectivity index (χ0v) is 24.5. The molecule has 9 heteroatoms. The summed E-state index contributed by atoms with van der Waals surface area (Å²) in [5.74, 6) is -0.367. The lowest BCUT2D eigenvalue weighted by atomic mass is 9.85. The molecule has 41 heavy (non-hydrogen) atoms. The van der Waals surface area contributed by atoms with Crippen LogP contribution in [0.1, 0.15) is 30.1 Å². The van der Waals surface area contributed by atoms with E-state index in [1.165, 1.54) is 0 Å². The molecule has 1 aliphatic heterocycles. The number of sulfonamides is 1. The van der Waals surface area contributed by atoms with Crippen LogP contribution in [0.15, 0.2) is 95.2 Å². The van der Waals surface area contributed by atoms with E-state index >= 15 is 0 Å². The largest absolute Gasteiger partial charge is 0.501 e. The van der Waals surface area contributed by atoms with E-state index in [0.29, 0.717) is 36.6 Å². The van der Waals surface area contributed by atoms with Crippen molar-refractivity contribution in [3.8, 4) is 0 Å². The normalized spacial score (nSPS) is 26.3. The Hall–Kier alpha value is -3.40. The first kappa shape index (κ1) is 29.1. The highest BCUT2D eigenvalue weighted by Gasteiger charge is 2.40. The number of carboxylic acids is 1. The molecule has 5 rings (SSSR count). The second kappa shape index (κ2) is 12.2. The molecule has 0 bridgehead atoms. The molecule has 4 aliphatic rings. The van der Waals surface area contributed by atoms with Crippen molar-refractivity contribution in [2.75, 3.05) is 38.8 Å². The fourth-order valence-corrected chi connectivity index (χ4v) is 7.99. The van der Waals surface area contributed by atoms with Gasteiger partial charge < -0.3 is 19.5 Å². The molecule has 0 saturated carbocycles. The Morgan fingerprint density at radius 3 is 2.34 bits per heavy atom. The Balaban J connectivity index is 1.42. The van der Waals surface area contributed by atoms with Gasteiger partial charge in [0.05, 0.1) is 29.6 Å². The number of piperidine rings is 1. The van der Waals surface area contributed by atoms with Crippen molar-refractivity contribution in [1.82, 2.24) is 4.31 Å². The molecular weight excluding hydrogens is 540 g/mol. The lowest BCUT2D eigenvalue weighted by Crippen LogP contribution is -2.51. The third kappa shape index (κ3) is 6.12. The minimum atomic E-state index is -3.84. The quantitative estimate of drug-likeness (QED) is 0.444. The number of anilines is 1. The molecule has 1 aromatic rings. The van der Waals surface area contributed by atoms with Crippen LogP contribution in [0.3, 0.4) is 0 Å². The van der Waals surface area contributed by atoms with Gasteiger partial charge in [-0.2, -0.15) is 4.31 Å². The lowest BCUT2D eigenvalue weighted by molar-refractivity contribution is 0.0600. The number of fused-ring (bicyclic) bond motifs is 1. The van der Waals surface area contributed by atoms with Gasteiger partial charge in [-0.15, -0.1) is 0 Å². The van der Waals surface area contributed by atoms with Crippen LogP contribution >= 0.6 is 0 Å². The summed E-state index contributed by atoms with van der Waals surface area (Å²) in [6.45, 7) is 3.52. The van der Waals surface area contributed by atoms with E-state index in [4.69, 9.17) is 9.47 Å². The van der Waals surface area contributed by atoms with Gasteiger partial charge in [-0.3, -0.25) is 0 Å². The number of rotatable bonds is 9. The highest BCUT2D eigenvalue weighted by Crippen LogP contribution is 2.36. The monoisotopic (exact) mass is 578 g/mol. The van der Waals surface area contributed by atoms with Gasteiger partial charge in [-0.25, -0.2) is 13.2 Å². The molecule has 1 saturated heterocycles. The number of hydrogen-bond donors (Lipinski definition) is 1. The summed E-state index contributed by atoms with van der Waals surface area (Å²) in [5, 5.41) is 9.23. The van der Waals surface area contributed by atoms with E-state index in [2.05, 4.69) is 11.0 Å². The van der Waals surface area contributed by atoms with Gasteiger partial charge >= 0.3 is 5.97 Å². The molecule has 218 valence electrons. The highest BCUT2D eigenvalue weighted by molar-refractivity contribution is 7.93. The van der Waals surface area contributed by atoms with Gasteiger partial charge in [-0.1, -0.05) is 42.5 Å². The van der Waals surface area contributed by atoms with Gasteiger partial charge in [0.1, 0.15) is 5.76 Å². The molecule has 1 aromatic carbocycles. The predicted octanol–water partition coefficient (Wildman–Crippen LogP) is 4.92. The maximum absolute atomic E-state index is 14.4. The number of hydrogen-bond acceptors (Lipinski definition) is 6. The smallest absolute Gasteiger partial charge is 0.335 e. The van der Waals surface area contributed by atoms with Gasteiger partial charge in [0.25, 0.3) is 0 Å². The van der Waals surface area contributed by atoms with Gasteiger partial charge in [0.15, 0.2) is 0 Å². The topological polar surface area (TPSA) is 96.4 Å². The number of aromatic carboxylic acids is 1. The van der Waals surface area contributed by atoms with Crippen LogP contribution in [0.25, 0.3) is 0 Å². The first-order valence-corrected chi connectivity index (χ1v) is 15.5. The Kier molecular flexibility index (Phi) is 8.68. The van der Waals surface area contributed by atoms with Crippen LogP contribution in [0, 0.1) is 17.8 Å². The third-order valence-corrected chi connectivity index (χ3v) is 10.4. The van der Waals surface area contributed by atoms with E-state index in [1.54, 1.807) is 36.7 Å². The maximum atomic E-state index is 14.4. The Labute approximate surface area is 242 Å². The molecule has 1 fully saturated rings. The average Bonchev–Trinajstić information content (AvgIpc) is 2.99. The van der Waals surface area contributed by atoms with E-state index in [1.807, 2.05) is 61.6 Å². The summed E-state index contributed by atoms with van der Waals surface area (Å²) in [4.78, 5) is 13.8. The van der Waals surface area contributed by atoms with E-state index in [-0.39, 0.29) is 42.0 Å². The number of carboxylic acid groups (broad SMARTS) is 1. The fourth-order valence-electron chi connectivity index (χ4n) is 6.18.